The van der Waals surface area contributed by atoms with Crippen molar-refractivity contribution < 1.29 is 19.4 Å². The zero-order chi connectivity index (χ0) is 14.0. The van der Waals surface area contributed by atoms with Gasteiger partial charge in [-0.15, -0.1) is 0 Å². The summed E-state index contributed by atoms with van der Waals surface area (Å²) in [7, 11) is 0. The maximum Gasteiger partial charge on any atom is 0.335 e. The van der Waals surface area contributed by atoms with Crippen LogP contribution >= 0.6 is 0 Å². The lowest BCUT2D eigenvalue weighted by molar-refractivity contribution is -0.141. The van der Waals surface area contributed by atoms with Gasteiger partial charge in [0.15, 0.2) is 5.78 Å². The normalized spacial score (nSPS) is 29.4. The number of esters is 1. The van der Waals surface area contributed by atoms with Crippen LogP contribution in [0.5, 0.6) is 0 Å². The van der Waals surface area contributed by atoms with Gasteiger partial charge in [0.25, 0.3) is 0 Å². The summed E-state index contributed by atoms with van der Waals surface area (Å²) in [5, 5.41) is 9.56. The van der Waals surface area contributed by atoms with E-state index in [-0.39, 0.29) is 24.9 Å². The average Bonchev–Trinajstić information content (AvgIpc) is 2.66. The molecule has 19 heavy (non-hydrogen) atoms. The lowest BCUT2D eigenvalue weighted by atomic mass is 9.68. The first kappa shape index (κ1) is 13.7. The van der Waals surface area contributed by atoms with Crippen molar-refractivity contribution in [3.05, 3.63) is 35.5 Å². The summed E-state index contributed by atoms with van der Waals surface area (Å²) >= 11 is 0. The fourth-order valence-corrected chi connectivity index (χ4v) is 3.06. The first-order valence-electron chi connectivity index (χ1n) is 6.46. The van der Waals surface area contributed by atoms with Crippen LogP contribution in [0.15, 0.2) is 35.5 Å². The molecule has 2 atom stereocenters. The number of rotatable bonds is 3. The van der Waals surface area contributed by atoms with Crippen LogP contribution < -0.4 is 0 Å². The Morgan fingerprint density at radius 3 is 2.84 bits per heavy atom. The molecule has 0 aliphatic heterocycles. The van der Waals surface area contributed by atoms with Crippen molar-refractivity contribution in [2.24, 2.45) is 11.3 Å². The fourth-order valence-electron chi connectivity index (χ4n) is 3.06. The van der Waals surface area contributed by atoms with Crippen LogP contribution in [0.4, 0.5) is 0 Å². The van der Waals surface area contributed by atoms with Crippen LogP contribution in [0.1, 0.15) is 20.3 Å². The second-order valence-electron chi connectivity index (χ2n) is 4.91. The molecular weight excluding hydrogens is 244 g/mol. The molecule has 0 fully saturated rings. The van der Waals surface area contributed by atoms with Crippen LogP contribution in [-0.4, -0.2) is 30.1 Å². The van der Waals surface area contributed by atoms with Gasteiger partial charge in [0, 0.05) is 12.5 Å². The zero-order valence-electron chi connectivity index (χ0n) is 11.2. The third-order valence-electron chi connectivity index (χ3n) is 3.86. The number of hydrogen-bond donors (Lipinski definition) is 1. The molecule has 1 spiro atoms. The van der Waals surface area contributed by atoms with Crippen molar-refractivity contribution in [2.45, 2.75) is 20.3 Å². The van der Waals surface area contributed by atoms with Crippen molar-refractivity contribution in [2.75, 3.05) is 13.2 Å². The Morgan fingerprint density at radius 1 is 1.53 bits per heavy atom. The third-order valence-corrected chi connectivity index (χ3v) is 3.86. The molecule has 0 radical (unpaired) electrons. The minimum absolute atomic E-state index is 0.135. The van der Waals surface area contributed by atoms with Gasteiger partial charge >= 0.3 is 5.97 Å². The standard InChI is InChI=1S/C15H18O4/c1-3-19-14(18)13-10(2)8-11(9-16)15(13)7-5-4-6-12(15)17/h4-7,11,16H,3,8-9H2,1-2H3/t11-,15-/m1/s1. The van der Waals surface area contributed by atoms with Crippen molar-refractivity contribution in [1.82, 2.24) is 0 Å². The summed E-state index contributed by atoms with van der Waals surface area (Å²) in [6.45, 7) is 3.69. The Morgan fingerprint density at radius 2 is 2.26 bits per heavy atom. The van der Waals surface area contributed by atoms with Gasteiger partial charge in [0.1, 0.15) is 0 Å². The largest absolute Gasteiger partial charge is 0.463 e. The summed E-state index contributed by atoms with van der Waals surface area (Å²) in [6.07, 6.45) is 7.12. The van der Waals surface area contributed by atoms with Gasteiger partial charge in [0.2, 0.25) is 0 Å². The number of carbonyl (C=O) groups excluding carboxylic acids is 2. The molecule has 0 heterocycles. The number of ketones is 1. The van der Waals surface area contributed by atoms with E-state index in [1.54, 1.807) is 25.2 Å². The van der Waals surface area contributed by atoms with Crippen molar-refractivity contribution >= 4 is 11.8 Å². The highest BCUT2D eigenvalue weighted by Crippen LogP contribution is 2.50. The molecule has 0 saturated heterocycles. The number of carbonyl (C=O) groups is 2. The van der Waals surface area contributed by atoms with E-state index in [1.807, 2.05) is 6.92 Å². The molecule has 0 saturated carbocycles. The summed E-state index contributed by atoms with van der Waals surface area (Å²) in [6, 6.07) is 0. The lowest BCUT2D eigenvalue weighted by Gasteiger charge is -2.32. The molecule has 0 unspecified atom stereocenters. The Balaban J connectivity index is 2.52. The highest BCUT2D eigenvalue weighted by atomic mass is 16.5. The molecule has 4 heteroatoms. The van der Waals surface area contributed by atoms with E-state index in [2.05, 4.69) is 0 Å². The molecular formula is C15H18O4. The lowest BCUT2D eigenvalue weighted by Crippen LogP contribution is -2.40. The molecule has 0 amide bonds. The quantitative estimate of drug-likeness (QED) is 0.784. The van der Waals surface area contributed by atoms with Crippen molar-refractivity contribution in [1.29, 1.82) is 0 Å². The second kappa shape index (κ2) is 5.13. The SMILES string of the molecule is CCOC(=O)C1=C(C)C[C@H](CO)[C@@]12C=CC=CC2=O. The minimum atomic E-state index is -1.04. The third kappa shape index (κ3) is 1.96. The predicted molar refractivity (Wildman–Crippen MR) is 70.2 cm³/mol. The molecule has 102 valence electrons. The summed E-state index contributed by atoms with van der Waals surface area (Å²) in [4.78, 5) is 24.5. The average molecular weight is 262 g/mol. The van der Waals surface area contributed by atoms with Crippen LogP contribution in [0.2, 0.25) is 0 Å². The summed E-state index contributed by atoms with van der Waals surface area (Å²) in [5.74, 6) is -0.904. The van der Waals surface area contributed by atoms with E-state index in [0.717, 1.165) is 5.57 Å². The van der Waals surface area contributed by atoms with E-state index in [9.17, 15) is 14.7 Å². The molecule has 4 nitrogen and oxygen atoms in total. The van der Waals surface area contributed by atoms with Crippen LogP contribution in [0.25, 0.3) is 0 Å². The van der Waals surface area contributed by atoms with Crippen LogP contribution in [0.3, 0.4) is 0 Å². The first-order valence-corrected chi connectivity index (χ1v) is 6.46. The van der Waals surface area contributed by atoms with Gasteiger partial charge < -0.3 is 9.84 Å². The van der Waals surface area contributed by atoms with Gasteiger partial charge in [-0.1, -0.05) is 23.8 Å². The number of aliphatic hydroxyl groups is 1. The molecule has 0 aromatic heterocycles. The topological polar surface area (TPSA) is 63.6 Å². The predicted octanol–water partition coefficient (Wildman–Crippen LogP) is 1.56. The number of ether oxygens (including phenoxy) is 1. The molecule has 2 aliphatic carbocycles. The number of aliphatic hydroxyl groups excluding tert-OH is 1. The molecule has 2 aliphatic rings. The maximum atomic E-state index is 12.4. The fraction of sp³-hybridized carbons (Fsp3) is 0.467. The molecule has 0 bridgehead atoms. The molecule has 2 rings (SSSR count). The first-order chi connectivity index (χ1) is 9.07. The maximum absolute atomic E-state index is 12.4. The number of hydrogen-bond acceptors (Lipinski definition) is 4. The van der Waals surface area contributed by atoms with Crippen LogP contribution in [0, 0.1) is 11.3 Å². The summed E-state index contributed by atoms with van der Waals surface area (Å²) in [5.41, 5.74) is 0.185. The van der Waals surface area contributed by atoms with Gasteiger partial charge in [-0.25, -0.2) is 4.79 Å². The zero-order valence-corrected chi connectivity index (χ0v) is 11.2. The summed E-state index contributed by atoms with van der Waals surface area (Å²) < 4.78 is 5.08. The molecule has 1 N–H and O–H groups in total. The Hall–Kier alpha value is -1.68. The van der Waals surface area contributed by atoms with Gasteiger partial charge in [-0.2, -0.15) is 0 Å². The Bertz CT molecular complexity index is 498. The second-order valence-corrected chi connectivity index (χ2v) is 4.91. The van der Waals surface area contributed by atoms with Crippen molar-refractivity contribution in [3.8, 4) is 0 Å². The molecule has 0 aromatic rings. The Labute approximate surface area is 112 Å². The van der Waals surface area contributed by atoms with Gasteiger partial charge in [0.05, 0.1) is 17.6 Å². The van der Waals surface area contributed by atoms with E-state index >= 15 is 0 Å². The highest BCUT2D eigenvalue weighted by molar-refractivity contribution is 6.09. The van der Waals surface area contributed by atoms with Gasteiger partial charge in [-0.3, -0.25) is 4.79 Å². The van der Waals surface area contributed by atoms with Crippen molar-refractivity contribution in [3.63, 3.8) is 0 Å². The van der Waals surface area contributed by atoms with Crippen LogP contribution in [-0.2, 0) is 14.3 Å². The highest BCUT2D eigenvalue weighted by Gasteiger charge is 2.53. The van der Waals surface area contributed by atoms with E-state index < -0.39 is 11.4 Å². The Kier molecular flexibility index (Phi) is 3.71. The van der Waals surface area contributed by atoms with E-state index in [1.165, 1.54) is 6.08 Å². The van der Waals surface area contributed by atoms with Gasteiger partial charge in [-0.05, 0) is 26.3 Å². The monoisotopic (exact) mass is 262 g/mol. The van der Waals surface area contributed by atoms with E-state index in [0.29, 0.717) is 12.0 Å². The van der Waals surface area contributed by atoms with E-state index in [4.69, 9.17) is 4.74 Å². The smallest absolute Gasteiger partial charge is 0.335 e. The minimum Gasteiger partial charge on any atom is -0.463 e. The number of allylic oxidation sites excluding steroid dienone is 5. The molecule has 0 aromatic carbocycles.